The predicted octanol–water partition coefficient (Wildman–Crippen LogP) is 0.346. The van der Waals surface area contributed by atoms with E-state index in [1.165, 1.54) is 0 Å². The maximum absolute atomic E-state index is 11.5. The van der Waals surface area contributed by atoms with Gasteiger partial charge < -0.3 is 16.8 Å². The lowest BCUT2D eigenvalue weighted by Crippen LogP contribution is -2.37. The van der Waals surface area contributed by atoms with Gasteiger partial charge in [-0.05, 0) is 25.1 Å². The molecule has 1 amide bonds. The smallest absolute Gasteiger partial charge is 0.251 e. The van der Waals surface area contributed by atoms with Gasteiger partial charge in [-0.1, -0.05) is 6.07 Å². The number of amides is 1. The number of nitrogens with two attached hydrogens (primary N) is 2. The minimum absolute atomic E-state index is 0.0241. The fraction of sp³-hybridized carbons (Fsp3) is 0.300. The van der Waals surface area contributed by atoms with Gasteiger partial charge in [-0.25, -0.2) is 0 Å². The van der Waals surface area contributed by atoms with Crippen LogP contribution < -0.4 is 16.8 Å². The normalized spacial score (nSPS) is 12.1. The van der Waals surface area contributed by atoms with Crippen LogP contribution in [0.4, 0.5) is 5.69 Å². The van der Waals surface area contributed by atoms with Crippen LogP contribution in [0.1, 0.15) is 17.3 Å². The Labute approximate surface area is 83.3 Å². The molecule has 0 fully saturated rings. The lowest BCUT2D eigenvalue weighted by Gasteiger charge is -2.11. The molecule has 0 radical (unpaired) electrons. The number of nitrogen functional groups attached to an aromatic ring is 1. The van der Waals surface area contributed by atoms with Gasteiger partial charge in [0.05, 0.1) is 0 Å². The molecule has 1 aromatic rings. The predicted molar refractivity (Wildman–Crippen MR) is 56.8 cm³/mol. The molecule has 0 saturated carbocycles. The highest BCUT2D eigenvalue weighted by Gasteiger charge is 2.07. The minimum atomic E-state index is -0.143. The Hall–Kier alpha value is -1.55. The molecule has 0 aliphatic heterocycles. The maximum Gasteiger partial charge on any atom is 0.251 e. The monoisotopic (exact) mass is 193 g/mol. The standard InChI is InChI=1S/C10H15N3O/c1-7(6-11)13-10(14)8-3-2-4-9(12)5-8/h2-5,7H,6,11-12H2,1H3,(H,13,14). The van der Waals surface area contributed by atoms with Gasteiger partial charge in [0.25, 0.3) is 5.91 Å². The van der Waals surface area contributed by atoms with Gasteiger partial charge >= 0.3 is 0 Å². The Balaban J connectivity index is 2.70. The Bertz CT molecular complexity index is 325. The van der Waals surface area contributed by atoms with Crippen molar-refractivity contribution in [2.24, 2.45) is 5.73 Å². The van der Waals surface area contributed by atoms with Crippen molar-refractivity contribution in [2.75, 3.05) is 12.3 Å². The third kappa shape index (κ3) is 2.74. The van der Waals surface area contributed by atoms with E-state index in [1.54, 1.807) is 24.3 Å². The van der Waals surface area contributed by atoms with Crippen molar-refractivity contribution in [2.45, 2.75) is 13.0 Å². The number of benzene rings is 1. The van der Waals surface area contributed by atoms with Crippen LogP contribution in [-0.2, 0) is 0 Å². The third-order valence-electron chi connectivity index (χ3n) is 1.88. The van der Waals surface area contributed by atoms with Gasteiger partial charge in [-0.15, -0.1) is 0 Å². The topological polar surface area (TPSA) is 81.1 Å². The molecule has 5 N–H and O–H groups in total. The number of hydrogen-bond donors (Lipinski definition) is 3. The summed E-state index contributed by atoms with van der Waals surface area (Å²) in [5.74, 6) is -0.143. The molecular formula is C10H15N3O. The highest BCUT2D eigenvalue weighted by atomic mass is 16.1. The first-order valence-electron chi connectivity index (χ1n) is 4.50. The molecule has 0 spiro atoms. The summed E-state index contributed by atoms with van der Waals surface area (Å²) in [7, 11) is 0. The quantitative estimate of drug-likeness (QED) is 0.606. The molecule has 4 heteroatoms. The van der Waals surface area contributed by atoms with E-state index in [-0.39, 0.29) is 11.9 Å². The second-order valence-electron chi connectivity index (χ2n) is 3.24. The van der Waals surface area contributed by atoms with Crippen LogP contribution in [0.15, 0.2) is 24.3 Å². The van der Waals surface area contributed by atoms with Crippen LogP contribution in [0, 0.1) is 0 Å². The van der Waals surface area contributed by atoms with Crippen LogP contribution >= 0.6 is 0 Å². The van der Waals surface area contributed by atoms with Gasteiger partial charge in [0.15, 0.2) is 0 Å². The zero-order valence-electron chi connectivity index (χ0n) is 8.16. The SMILES string of the molecule is CC(CN)NC(=O)c1cccc(N)c1. The molecule has 0 heterocycles. The van der Waals surface area contributed by atoms with Crippen molar-refractivity contribution in [3.63, 3.8) is 0 Å². The van der Waals surface area contributed by atoms with Gasteiger partial charge in [0, 0.05) is 23.8 Å². The van der Waals surface area contributed by atoms with Crippen LogP contribution in [0.3, 0.4) is 0 Å². The zero-order chi connectivity index (χ0) is 10.6. The molecule has 1 aromatic carbocycles. The van der Waals surface area contributed by atoms with Gasteiger partial charge in [0.1, 0.15) is 0 Å². The van der Waals surface area contributed by atoms with Crippen LogP contribution in [0.5, 0.6) is 0 Å². The fourth-order valence-electron chi connectivity index (χ4n) is 1.05. The first kappa shape index (κ1) is 10.5. The molecule has 4 nitrogen and oxygen atoms in total. The second-order valence-corrected chi connectivity index (χ2v) is 3.24. The third-order valence-corrected chi connectivity index (χ3v) is 1.88. The van der Waals surface area contributed by atoms with E-state index in [1.807, 2.05) is 6.92 Å². The van der Waals surface area contributed by atoms with Crippen molar-refractivity contribution in [3.05, 3.63) is 29.8 Å². The summed E-state index contributed by atoms with van der Waals surface area (Å²) >= 11 is 0. The van der Waals surface area contributed by atoms with E-state index in [4.69, 9.17) is 11.5 Å². The first-order chi connectivity index (χ1) is 6.63. The molecule has 14 heavy (non-hydrogen) atoms. The van der Waals surface area contributed by atoms with Crippen molar-refractivity contribution in [3.8, 4) is 0 Å². The lowest BCUT2D eigenvalue weighted by molar-refractivity contribution is 0.0941. The summed E-state index contributed by atoms with van der Waals surface area (Å²) in [6.45, 7) is 2.28. The Morgan fingerprint density at radius 3 is 2.86 bits per heavy atom. The van der Waals surface area contributed by atoms with Crippen LogP contribution in [0.25, 0.3) is 0 Å². The first-order valence-corrected chi connectivity index (χ1v) is 4.50. The largest absolute Gasteiger partial charge is 0.399 e. The number of hydrogen-bond acceptors (Lipinski definition) is 3. The molecule has 0 aliphatic carbocycles. The molecule has 1 rings (SSSR count). The summed E-state index contributed by atoms with van der Waals surface area (Å²) in [6.07, 6.45) is 0. The van der Waals surface area contributed by atoms with E-state index >= 15 is 0 Å². The van der Waals surface area contributed by atoms with E-state index in [0.717, 1.165) is 0 Å². The Kier molecular flexibility index (Phi) is 3.48. The zero-order valence-corrected chi connectivity index (χ0v) is 8.16. The van der Waals surface area contributed by atoms with Gasteiger partial charge in [0.2, 0.25) is 0 Å². The van der Waals surface area contributed by atoms with E-state index in [0.29, 0.717) is 17.8 Å². The average Bonchev–Trinajstić information content (AvgIpc) is 2.17. The molecule has 0 aromatic heterocycles. The van der Waals surface area contributed by atoms with Crippen molar-refractivity contribution < 1.29 is 4.79 Å². The van der Waals surface area contributed by atoms with Crippen LogP contribution in [0.2, 0.25) is 0 Å². The maximum atomic E-state index is 11.5. The van der Waals surface area contributed by atoms with Gasteiger partial charge in [-0.3, -0.25) is 4.79 Å². The van der Waals surface area contributed by atoms with Crippen molar-refractivity contribution in [1.29, 1.82) is 0 Å². The number of carbonyl (C=O) groups excluding carboxylic acids is 1. The number of nitrogens with one attached hydrogen (secondary N) is 1. The molecule has 1 atom stereocenters. The molecular weight excluding hydrogens is 178 g/mol. The second kappa shape index (κ2) is 4.62. The van der Waals surface area contributed by atoms with E-state index in [2.05, 4.69) is 5.32 Å². The van der Waals surface area contributed by atoms with Gasteiger partial charge in [-0.2, -0.15) is 0 Å². The number of anilines is 1. The minimum Gasteiger partial charge on any atom is -0.399 e. The van der Waals surface area contributed by atoms with Crippen molar-refractivity contribution in [1.82, 2.24) is 5.32 Å². The molecule has 0 aliphatic rings. The van der Waals surface area contributed by atoms with E-state index < -0.39 is 0 Å². The van der Waals surface area contributed by atoms with Crippen LogP contribution in [-0.4, -0.2) is 18.5 Å². The van der Waals surface area contributed by atoms with E-state index in [9.17, 15) is 4.79 Å². The summed E-state index contributed by atoms with van der Waals surface area (Å²) in [5, 5.41) is 2.75. The summed E-state index contributed by atoms with van der Waals surface area (Å²) in [5.41, 5.74) is 12.1. The summed E-state index contributed by atoms with van der Waals surface area (Å²) < 4.78 is 0. The number of rotatable bonds is 3. The Morgan fingerprint density at radius 1 is 1.57 bits per heavy atom. The molecule has 0 bridgehead atoms. The fourth-order valence-corrected chi connectivity index (χ4v) is 1.05. The molecule has 0 saturated heterocycles. The summed E-state index contributed by atoms with van der Waals surface area (Å²) in [6, 6.07) is 6.82. The molecule has 76 valence electrons. The Morgan fingerprint density at radius 2 is 2.29 bits per heavy atom. The summed E-state index contributed by atoms with van der Waals surface area (Å²) in [4.78, 5) is 11.5. The number of carbonyl (C=O) groups is 1. The highest BCUT2D eigenvalue weighted by Crippen LogP contribution is 2.06. The average molecular weight is 193 g/mol. The van der Waals surface area contributed by atoms with Crippen molar-refractivity contribution >= 4 is 11.6 Å². The molecule has 1 unspecified atom stereocenters. The highest BCUT2D eigenvalue weighted by molar-refractivity contribution is 5.95. The lowest BCUT2D eigenvalue weighted by atomic mass is 10.2.